The maximum absolute atomic E-state index is 13.2. The lowest BCUT2D eigenvalue weighted by Gasteiger charge is -2.29. The Hall–Kier alpha value is -3.16. The quantitative estimate of drug-likeness (QED) is 0.484. The number of nitriles is 1. The van der Waals surface area contributed by atoms with Crippen molar-refractivity contribution in [2.75, 3.05) is 5.32 Å². The molecule has 188 valence electrons. The first kappa shape index (κ1) is 23.3. The van der Waals surface area contributed by atoms with Crippen molar-refractivity contribution in [1.29, 1.82) is 5.26 Å². The molecule has 1 aliphatic heterocycles. The van der Waals surface area contributed by atoms with Gasteiger partial charge in [-0.15, -0.1) is 0 Å². The van der Waals surface area contributed by atoms with E-state index in [2.05, 4.69) is 16.4 Å². The number of aromatic amines is 1. The minimum Gasteiger partial charge on any atom is -0.338 e. The van der Waals surface area contributed by atoms with Crippen molar-refractivity contribution in [3.8, 4) is 6.07 Å². The van der Waals surface area contributed by atoms with Gasteiger partial charge in [-0.05, 0) is 67.9 Å². The summed E-state index contributed by atoms with van der Waals surface area (Å²) < 4.78 is 30.0. The van der Waals surface area contributed by atoms with Crippen LogP contribution >= 0.6 is 0 Å². The Morgan fingerprint density at radius 3 is 2.72 bits per heavy atom. The molecule has 2 aliphatic carbocycles. The van der Waals surface area contributed by atoms with Crippen LogP contribution in [0.25, 0.3) is 10.9 Å². The highest BCUT2D eigenvalue weighted by Crippen LogP contribution is 2.44. The molecule has 3 aromatic rings. The third-order valence-electron chi connectivity index (χ3n) is 7.88. The molecule has 1 aromatic carbocycles. The van der Waals surface area contributed by atoms with E-state index < -0.39 is 10.0 Å². The molecular formula is C26H30N6O3S. The molecule has 2 saturated carbocycles. The van der Waals surface area contributed by atoms with Crippen LogP contribution in [0.1, 0.15) is 69.4 Å². The van der Waals surface area contributed by atoms with E-state index in [1.54, 1.807) is 22.6 Å². The third-order valence-corrected chi connectivity index (χ3v) is 9.88. The lowest BCUT2D eigenvalue weighted by molar-refractivity contribution is 0.255. The number of rotatable bonds is 7. The van der Waals surface area contributed by atoms with E-state index in [9.17, 15) is 13.2 Å². The van der Waals surface area contributed by atoms with Crippen LogP contribution in [0.2, 0.25) is 0 Å². The molecular weight excluding hydrogens is 476 g/mol. The number of anilines is 2. The fourth-order valence-electron chi connectivity index (χ4n) is 5.93. The van der Waals surface area contributed by atoms with Gasteiger partial charge in [-0.3, -0.25) is 9.48 Å². The van der Waals surface area contributed by atoms with Gasteiger partial charge in [-0.25, -0.2) is 8.42 Å². The maximum Gasteiger partial charge on any atom is 0.261 e. The average molecular weight is 507 g/mol. The number of nitrogens with zero attached hydrogens (tertiary/aromatic N) is 4. The first-order valence-electron chi connectivity index (χ1n) is 12.9. The molecule has 36 heavy (non-hydrogen) atoms. The number of pyridine rings is 1. The number of H-pyrrole nitrogens is 1. The van der Waals surface area contributed by atoms with Crippen molar-refractivity contribution >= 4 is 32.4 Å². The first-order chi connectivity index (χ1) is 17.5. The molecule has 2 aromatic heterocycles. The SMILES string of the molecule is N#CCCC(C1CC1)n1nc(Nc2ccc3c(c2)CN(C2CCCCC2)S3(=O)=O)c2c(=O)[nH]ccc21. The molecule has 0 radical (unpaired) electrons. The van der Waals surface area contributed by atoms with Crippen LogP contribution in [-0.2, 0) is 16.6 Å². The summed E-state index contributed by atoms with van der Waals surface area (Å²) in [5.41, 5.74) is 1.98. The van der Waals surface area contributed by atoms with Gasteiger partial charge >= 0.3 is 0 Å². The fourth-order valence-corrected chi connectivity index (χ4v) is 7.79. The summed E-state index contributed by atoms with van der Waals surface area (Å²) in [6.45, 7) is 0.380. The van der Waals surface area contributed by atoms with E-state index in [4.69, 9.17) is 10.4 Å². The van der Waals surface area contributed by atoms with E-state index >= 15 is 0 Å². The van der Waals surface area contributed by atoms with E-state index in [-0.39, 0.29) is 17.6 Å². The highest BCUT2D eigenvalue weighted by molar-refractivity contribution is 7.89. The van der Waals surface area contributed by atoms with E-state index in [0.717, 1.165) is 49.6 Å². The molecule has 2 fully saturated rings. The van der Waals surface area contributed by atoms with Crippen LogP contribution in [0.3, 0.4) is 0 Å². The number of fused-ring (bicyclic) bond motifs is 2. The van der Waals surface area contributed by atoms with Crippen LogP contribution in [0.5, 0.6) is 0 Å². The predicted octanol–water partition coefficient (Wildman–Crippen LogP) is 4.56. The van der Waals surface area contributed by atoms with Gasteiger partial charge in [0.2, 0.25) is 10.0 Å². The van der Waals surface area contributed by atoms with Gasteiger partial charge in [-0.1, -0.05) is 19.3 Å². The van der Waals surface area contributed by atoms with Crippen LogP contribution in [0.4, 0.5) is 11.5 Å². The molecule has 1 unspecified atom stereocenters. The Morgan fingerprint density at radius 1 is 1.17 bits per heavy atom. The standard InChI is InChI=1S/C26H30N6O3S/c27-13-4-7-21(17-8-9-17)32-22-12-14-28-26(33)24(22)25(30-32)29-19-10-11-23-18(15-19)16-31(36(23,34)35)20-5-2-1-3-6-20/h10-12,14-15,17,20-21H,1-9,16H2,(H,28,33)(H,29,30). The summed E-state index contributed by atoms with van der Waals surface area (Å²) in [5.74, 6) is 0.906. The summed E-state index contributed by atoms with van der Waals surface area (Å²) >= 11 is 0. The van der Waals surface area contributed by atoms with Crippen molar-refractivity contribution in [1.82, 2.24) is 19.1 Å². The molecule has 3 aliphatic rings. The molecule has 0 bridgehead atoms. The van der Waals surface area contributed by atoms with Gasteiger partial charge in [0.1, 0.15) is 5.39 Å². The second-order valence-electron chi connectivity index (χ2n) is 10.3. The lowest BCUT2D eigenvalue weighted by Crippen LogP contribution is -2.36. The Balaban J connectivity index is 1.34. The van der Waals surface area contributed by atoms with E-state index in [0.29, 0.717) is 47.1 Å². The monoisotopic (exact) mass is 506 g/mol. The molecule has 10 heteroatoms. The predicted molar refractivity (Wildman–Crippen MR) is 136 cm³/mol. The number of sulfonamides is 1. The summed E-state index contributed by atoms with van der Waals surface area (Å²) in [6.07, 6.45) is 10.1. The van der Waals surface area contributed by atoms with Crippen molar-refractivity contribution < 1.29 is 8.42 Å². The minimum atomic E-state index is -3.49. The zero-order valence-electron chi connectivity index (χ0n) is 20.1. The highest BCUT2D eigenvalue weighted by atomic mass is 32.2. The number of aromatic nitrogens is 3. The summed E-state index contributed by atoms with van der Waals surface area (Å²) in [4.78, 5) is 15.9. The van der Waals surface area contributed by atoms with Crippen LogP contribution in [0, 0.1) is 17.2 Å². The van der Waals surface area contributed by atoms with Gasteiger partial charge in [0.15, 0.2) is 5.82 Å². The van der Waals surface area contributed by atoms with Gasteiger partial charge in [0, 0.05) is 30.9 Å². The summed E-state index contributed by atoms with van der Waals surface area (Å²) in [7, 11) is -3.49. The third kappa shape index (κ3) is 4.00. The molecule has 3 heterocycles. The van der Waals surface area contributed by atoms with Crippen molar-refractivity contribution in [2.45, 2.75) is 81.3 Å². The van der Waals surface area contributed by atoms with Crippen molar-refractivity contribution in [2.24, 2.45) is 5.92 Å². The molecule has 9 nitrogen and oxygen atoms in total. The van der Waals surface area contributed by atoms with E-state index in [1.807, 2.05) is 16.8 Å². The Morgan fingerprint density at radius 2 is 1.97 bits per heavy atom. The van der Waals surface area contributed by atoms with Gasteiger partial charge < -0.3 is 10.3 Å². The number of hydrogen-bond acceptors (Lipinski definition) is 6. The first-order valence-corrected chi connectivity index (χ1v) is 14.3. The van der Waals surface area contributed by atoms with E-state index in [1.165, 1.54) is 6.42 Å². The zero-order chi connectivity index (χ0) is 24.9. The second kappa shape index (κ2) is 9.05. The molecule has 0 spiro atoms. The maximum atomic E-state index is 13.2. The largest absolute Gasteiger partial charge is 0.338 e. The number of benzene rings is 1. The van der Waals surface area contributed by atoms with Crippen LogP contribution < -0.4 is 10.9 Å². The van der Waals surface area contributed by atoms with Crippen LogP contribution in [0.15, 0.2) is 40.2 Å². The summed E-state index contributed by atoms with van der Waals surface area (Å²) in [5, 5.41) is 17.7. The fraction of sp³-hybridized carbons (Fsp3) is 0.500. The molecule has 0 amide bonds. The van der Waals surface area contributed by atoms with Crippen LogP contribution in [-0.4, -0.2) is 33.5 Å². The summed E-state index contributed by atoms with van der Waals surface area (Å²) in [6, 6.07) is 9.51. The Labute approximate surface area is 210 Å². The highest BCUT2D eigenvalue weighted by Gasteiger charge is 2.39. The minimum absolute atomic E-state index is 0.0681. The zero-order valence-corrected chi connectivity index (χ0v) is 20.9. The lowest BCUT2D eigenvalue weighted by atomic mass is 9.95. The number of hydrogen-bond donors (Lipinski definition) is 2. The Kier molecular flexibility index (Phi) is 5.85. The van der Waals surface area contributed by atoms with Gasteiger partial charge in [-0.2, -0.15) is 14.7 Å². The molecule has 6 rings (SSSR count). The van der Waals surface area contributed by atoms with Gasteiger partial charge in [0.05, 0.1) is 22.5 Å². The normalized spacial score (nSPS) is 20.8. The van der Waals surface area contributed by atoms with Gasteiger partial charge in [0.25, 0.3) is 5.56 Å². The molecule has 0 saturated heterocycles. The second-order valence-corrected chi connectivity index (χ2v) is 12.1. The molecule has 2 N–H and O–H groups in total. The van der Waals surface area contributed by atoms with Crippen molar-refractivity contribution in [3.63, 3.8) is 0 Å². The smallest absolute Gasteiger partial charge is 0.261 e. The number of nitrogens with one attached hydrogen (secondary N) is 2. The Bertz CT molecular complexity index is 1510. The topological polar surface area (TPSA) is 124 Å². The molecule has 1 atom stereocenters. The average Bonchev–Trinajstić information content (AvgIpc) is 3.60. The van der Waals surface area contributed by atoms with Crippen molar-refractivity contribution in [3.05, 3.63) is 46.4 Å².